The maximum atomic E-state index is 13.9. The maximum Gasteiger partial charge on any atom is 0.310 e. The van der Waals surface area contributed by atoms with Crippen LogP contribution in [0.15, 0.2) is 72.0 Å². The fourth-order valence-electron chi connectivity index (χ4n) is 4.25. The minimum Gasteiger partial charge on any atom is -0.481 e. The molecule has 15 heteroatoms. The quantitative estimate of drug-likeness (QED) is 0.330. The number of carbonyl (C=O) groups is 2. The number of anilines is 2. The molecule has 216 valence electrons. The van der Waals surface area contributed by atoms with Crippen LogP contribution in [0.3, 0.4) is 0 Å². The number of rotatable bonds is 9. The summed E-state index contributed by atoms with van der Waals surface area (Å²) in [5.41, 5.74) is 0.241. The van der Waals surface area contributed by atoms with Gasteiger partial charge in [0.2, 0.25) is 11.8 Å². The highest BCUT2D eigenvalue weighted by molar-refractivity contribution is 8.45. The first-order valence-corrected chi connectivity index (χ1v) is 13.8. The summed E-state index contributed by atoms with van der Waals surface area (Å²) in [5.74, 6) is -1.16. The molecule has 1 unspecified atom stereocenters. The number of carbonyl (C=O) groups excluding carboxylic acids is 2. The molecule has 1 aliphatic heterocycles. The van der Waals surface area contributed by atoms with Gasteiger partial charge in [0.05, 0.1) is 31.1 Å². The fraction of sp³-hybridized carbons (Fsp3) is 0.280. The molecule has 3 aromatic rings. The molecule has 1 saturated heterocycles. The summed E-state index contributed by atoms with van der Waals surface area (Å²) in [4.78, 5) is 34.5. The highest BCUT2D eigenvalue weighted by atomic mass is 32.5. The van der Waals surface area contributed by atoms with Crippen LogP contribution in [0.2, 0.25) is 0 Å². The molecule has 9 nitrogen and oxygen atoms in total. The summed E-state index contributed by atoms with van der Waals surface area (Å²) < 4.78 is 77.4. The third kappa shape index (κ3) is 6.66. The van der Waals surface area contributed by atoms with Gasteiger partial charge in [-0.05, 0) is 42.8 Å². The van der Waals surface area contributed by atoms with Gasteiger partial charge in [0.1, 0.15) is 10.9 Å². The minimum absolute atomic E-state index is 0.197. The summed E-state index contributed by atoms with van der Waals surface area (Å²) in [7, 11) is -7.11. The first-order chi connectivity index (χ1) is 18.7. The number of methoxy groups -OCH3 is 2. The van der Waals surface area contributed by atoms with Gasteiger partial charge in [-0.3, -0.25) is 19.5 Å². The lowest BCUT2D eigenvalue weighted by Crippen LogP contribution is -2.48. The molecule has 40 heavy (non-hydrogen) atoms. The van der Waals surface area contributed by atoms with E-state index in [4.69, 9.17) is 9.47 Å². The zero-order valence-electron chi connectivity index (χ0n) is 21.3. The van der Waals surface area contributed by atoms with Gasteiger partial charge in [-0.15, -0.1) is 0 Å². The lowest BCUT2D eigenvalue weighted by atomic mass is 10.0. The van der Waals surface area contributed by atoms with E-state index in [1.165, 1.54) is 57.1 Å². The summed E-state index contributed by atoms with van der Waals surface area (Å²) in [6, 6.07) is 5.54. The van der Waals surface area contributed by atoms with Crippen LogP contribution in [0.5, 0.6) is 5.88 Å². The average molecular weight is 588 g/mol. The summed E-state index contributed by atoms with van der Waals surface area (Å²) >= 11 is 0. The van der Waals surface area contributed by atoms with E-state index in [0.29, 0.717) is 6.54 Å². The SMILES string of the molecule is COc1ccc(NC(=O)C(c2cccnc2)N(C(=O)[C@H]2C[C@@H](OC)CN2)c2ccc(S(F)(F)(F)(F)F)cc2)cn1. The molecule has 1 aliphatic rings. The standard InChI is InChI=1S/C25H26F5N5O4S/c1-38-19-12-21(32-15-19)25(37)35(18-6-8-20(9-7-18)40(26,27,28,29)30)23(16-4-3-11-31-13-16)24(36)34-17-5-10-22(39-2)33-14-17/h3-11,13-14,19,21,23,32H,12,15H2,1-2H3,(H,34,36)/t19-,21-,23?/m1/s1. The van der Waals surface area contributed by atoms with E-state index in [2.05, 4.69) is 20.6 Å². The first-order valence-electron chi connectivity index (χ1n) is 11.8. The number of aromatic nitrogens is 2. The predicted octanol–water partition coefficient (Wildman–Crippen LogP) is 5.23. The third-order valence-electron chi connectivity index (χ3n) is 6.24. The number of hydrogen-bond donors (Lipinski definition) is 2. The number of nitrogens with zero attached hydrogens (tertiary/aromatic N) is 3. The first kappa shape index (κ1) is 29.2. The monoisotopic (exact) mass is 587 g/mol. The topological polar surface area (TPSA) is 106 Å². The van der Waals surface area contributed by atoms with E-state index in [0.717, 1.165) is 17.0 Å². The third-order valence-corrected chi connectivity index (χ3v) is 7.40. The lowest BCUT2D eigenvalue weighted by Gasteiger charge is -2.41. The zero-order chi connectivity index (χ0) is 29.2. The molecule has 2 aromatic heterocycles. The van der Waals surface area contributed by atoms with E-state index in [9.17, 15) is 29.0 Å². The molecule has 2 amide bonds. The van der Waals surface area contributed by atoms with Crippen molar-refractivity contribution in [3.63, 3.8) is 0 Å². The second-order valence-electron chi connectivity index (χ2n) is 8.99. The molecule has 0 spiro atoms. The van der Waals surface area contributed by atoms with Gasteiger partial charge in [0, 0.05) is 43.4 Å². The number of benzene rings is 1. The maximum absolute atomic E-state index is 13.9. The smallest absolute Gasteiger partial charge is 0.310 e. The summed E-state index contributed by atoms with van der Waals surface area (Å²) in [6.07, 6.45) is 3.94. The van der Waals surface area contributed by atoms with Gasteiger partial charge in [-0.25, -0.2) is 4.98 Å². The second kappa shape index (κ2) is 10.3. The number of pyridine rings is 2. The van der Waals surface area contributed by atoms with Gasteiger partial charge < -0.3 is 20.1 Å². The highest BCUT2D eigenvalue weighted by Crippen LogP contribution is 3.02. The van der Waals surface area contributed by atoms with Crippen molar-refractivity contribution in [2.24, 2.45) is 0 Å². The molecule has 1 aromatic carbocycles. The van der Waals surface area contributed by atoms with Crippen molar-refractivity contribution in [1.29, 1.82) is 0 Å². The largest absolute Gasteiger partial charge is 0.481 e. The number of nitrogens with one attached hydrogen (secondary N) is 2. The number of hydrogen-bond acceptors (Lipinski definition) is 7. The Hall–Kier alpha value is -3.82. The second-order valence-corrected chi connectivity index (χ2v) is 11.4. The van der Waals surface area contributed by atoms with Gasteiger partial charge in [0.25, 0.3) is 5.91 Å². The number of ether oxygens (including phenoxy) is 2. The van der Waals surface area contributed by atoms with Crippen LogP contribution in [0.4, 0.5) is 30.8 Å². The van der Waals surface area contributed by atoms with Gasteiger partial charge in [0.15, 0.2) is 0 Å². The van der Waals surface area contributed by atoms with E-state index in [-0.39, 0.29) is 47.5 Å². The van der Waals surface area contributed by atoms with Gasteiger partial charge >= 0.3 is 10.2 Å². The summed E-state index contributed by atoms with van der Waals surface area (Å²) in [6.45, 7) is 0.311. The molecule has 1 fully saturated rings. The average Bonchev–Trinajstić information content (AvgIpc) is 3.40. The molecule has 3 heterocycles. The van der Waals surface area contributed by atoms with Gasteiger partial charge in [-0.1, -0.05) is 25.5 Å². The Labute approximate surface area is 226 Å². The molecule has 0 saturated carbocycles. The van der Waals surface area contributed by atoms with Crippen molar-refractivity contribution in [2.75, 3.05) is 31.0 Å². The van der Waals surface area contributed by atoms with Crippen LogP contribution >= 0.6 is 10.2 Å². The van der Waals surface area contributed by atoms with Crippen LogP contribution in [-0.2, 0) is 14.3 Å². The van der Waals surface area contributed by atoms with Crippen LogP contribution in [0, 0.1) is 0 Å². The Bertz CT molecular complexity index is 1360. The van der Waals surface area contributed by atoms with Crippen LogP contribution in [-0.4, -0.2) is 54.7 Å². The number of amides is 2. The Morgan fingerprint density at radius 1 is 1.05 bits per heavy atom. The number of halogens is 5. The predicted molar refractivity (Wildman–Crippen MR) is 139 cm³/mol. The highest BCUT2D eigenvalue weighted by Gasteiger charge is 2.65. The molecule has 0 radical (unpaired) electrons. The van der Waals surface area contributed by atoms with E-state index in [1.54, 1.807) is 0 Å². The van der Waals surface area contributed by atoms with Crippen molar-refractivity contribution < 1.29 is 38.5 Å². The molecule has 0 aliphatic carbocycles. The molecule has 2 N–H and O–H groups in total. The Morgan fingerprint density at radius 2 is 1.77 bits per heavy atom. The van der Waals surface area contributed by atoms with Crippen molar-refractivity contribution in [3.05, 3.63) is 72.7 Å². The van der Waals surface area contributed by atoms with E-state index >= 15 is 0 Å². The van der Waals surface area contributed by atoms with Crippen molar-refractivity contribution in [1.82, 2.24) is 15.3 Å². The Morgan fingerprint density at radius 3 is 2.30 bits per heavy atom. The van der Waals surface area contributed by atoms with Gasteiger partial charge in [-0.2, -0.15) is 0 Å². The lowest BCUT2D eigenvalue weighted by molar-refractivity contribution is -0.125. The Balaban J connectivity index is 1.80. The minimum atomic E-state index is -9.99. The molecule has 0 bridgehead atoms. The normalized spacial score (nSPS) is 19.7. The van der Waals surface area contributed by atoms with Crippen molar-refractivity contribution >= 4 is 33.4 Å². The Kier molecular flexibility index (Phi) is 7.51. The van der Waals surface area contributed by atoms with E-state index < -0.39 is 39.0 Å². The van der Waals surface area contributed by atoms with E-state index in [1.807, 2.05) is 0 Å². The zero-order valence-corrected chi connectivity index (χ0v) is 22.1. The van der Waals surface area contributed by atoms with Crippen LogP contribution < -0.4 is 20.3 Å². The molecular weight excluding hydrogens is 561 g/mol. The van der Waals surface area contributed by atoms with Crippen molar-refractivity contribution in [2.45, 2.75) is 29.5 Å². The van der Waals surface area contributed by atoms with Crippen LogP contribution in [0.25, 0.3) is 0 Å². The fourth-order valence-corrected chi connectivity index (χ4v) is 4.90. The summed E-state index contributed by atoms with van der Waals surface area (Å²) in [5, 5.41) is 5.62. The van der Waals surface area contributed by atoms with Crippen molar-refractivity contribution in [3.8, 4) is 5.88 Å². The molecule has 3 atom stereocenters. The van der Waals surface area contributed by atoms with Crippen LogP contribution in [0.1, 0.15) is 18.0 Å². The molecule has 4 rings (SSSR count). The molecular formula is C25H26F5N5O4S.